The second-order valence-corrected chi connectivity index (χ2v) is 6.96. The molecule has 0 radical (unpaired) electrons. The van der Waals surface area contributed by atoms with Gasteiger partial charge in [-0.1, -0.05) is 13.8 Å². The molecule has 0 aliphatic rings. The van der Waals surface area contributed by atoms with Gasteiger partial charge in [-0.2, -0.15) is 0 Å². The third-order valence-corrected chi connectivity index (χ3v) is 4.48. The molecule has 3 N–H and O–H groups in total. The first-order valence-electron chi connectivity index (χ1n) is 6.55. The van der Waals surface area contributed by atoms with Gasteiger partial charge < -0.3 is 9.97 Å². The maximum Gasteiger partial charge on any atom is 0.314 e. The number of aromatic nitrogens is 2. The van der Waals surface area contributed by atoms with Crippen molar-refractivity contribution in [2.45, 2.75) is 25.2 Å². The molecule has 2 rings (SSSR count). The quantitative estimate of drug-likeness (QED) is 0.700. The number of H-pyrrole nitrogens is 2. The largest absolute Gasteiger partial charge is 0.316 e. The average Bonchev–Trinajstić information content (AvgIpc) is 2.38. The van der Waals surface area contributed by atoms with Crippen LogP contribution in [0.2, 0.25) is 0 Å². The van der Waals surface area contributed by atoms with Gasteiger partial charge >= 0.3 is 11.1 Å². The van der Waals surface area contributed by atoms with Crippen molar-refractivity contribution in [3.8, 4) is 0 Å². The van der Waals surface area contributed by atoms with Crippen LogP contribution in [0.3, 0.4) is 0 Å². The van der Waals surface area contributed by atoms with E-state index in [4.69, 9.17) is 0 Å². The number of rotatable bonds is 5. The molecule has 114 valence electrons. The monoisotopic (exact) mass is 311 g/mol. The lowest BCUT2D eigenvalue weighted by Gasteiger charge is -2.09. The summed E-state index contributed by atoms with van der Waals surface area (Å²) in [6.07, 6.45) is 0.733. The molecule has 0 saturated heterocycles. The van der Waals surface area contributed by atoms with Crippen LogP contribution >= 0.6 is 0 Å². The summed E-state index contributed by atoms with van der Waals surface area (Å²) in [4.78, 5) is 27.2. The molecule has 0 atom stereocenters. The Hall–Kier alpha value is -1.93. The molecule has 0 spiro atoms. The summed E-state index contributed by atoms with van der Waals surface area (Å²) in [5, 5.41) is 0. The fourth-order valence-corrected chi connectivity index (χ4v) is 2.90. The number of hydrogen-bond donors (Lipinski definition) is 3. The Bertz CT molecular complexity index is 865. The van der Waals surface area contributed by atoms with Crippen LogP contribution in [0.4, 0.5) is 0 Å². The normalized spacial score (nSPS) is 12.1. The van der Waals surface area contributed by atoms with E-state index in [1.165, 1.54) is 18.2 Å². The summed E-state index contributed by atoms with van der Waals surface area (Å²) in [6.45, 7) is 4.36. The van der Waals surface area contributed by atoms with Crippen LogP contribution in [-0.2, 0) is 10.0 Å². The van der Waals surface area contributed by atoms with Crippen molar-refractivity contribution in [1.29, 1.82) is 0 Å². The SMILES string of the molecule is CC(C)CCNS(=O)(=O)c1ccc2[nH]c(=O)c(=O)[nH]c2c1. The topological polar surface area (TPSA) is 112 Å². The predicted molar refractivity (Wildman–Crippen MR) is 79.8 cm³/mol. The first-order valence-corrected chi connectivity index (χ1v) is 8.04. The van der Waals surface area contributed by atoms with Gasteiger partial charge in [0.2, 0.25) is 10.0 Å². The van der Waals surface area contributed by atoms with Crippen molar-refractivity contribution in [2.24, 2.45) is 5.92 Å². The number of fused-ring (bicyclic) bond motifs is 1. The number of hydrogen-bond acceptors (Lipinski definition) is 4. The molecule has 1 aromatic heterocycles. The van der Waals surface area contributed by atoms with Gasteiger partial charge in [-0.25, -0.2) is 13.1 Å². The van der Waals surface area contributed by atoms with E-state index in [0.717, 1.165) is 6.42 Å². The smallest absolute Gasteiger partial charge is 0.314 e. The van der Waals surface area contributed by atoms with E-state index in [2.05, 4.69) is 14.7 Å². The summed E-state index contributed by atoms with van der Waals surface area (Å²) >= 11 is 0. The third-order valence-electron chi connectivity index (χ3n) is 3.02. The zero-order chi connectivity index (χ0) is 15.6. The van der Waals surface area contributed by atoms with Crippen LogP contribution in [-0.4, -0.2) is 24.9 Å². The summed E-state index contributed by atoms with van der Waals surface area (Å²) in [5.41, 5.74) is -0.940. The highest BCUT2D eigenvalue weighted by Crippen LogP contribution is 2.14. The van der Waals surface area contributed by atoms with Gasteiger partial charge in [-0.05, 0) is 30.5 Å². The first-order chi connectivity index (χ1) is 9.79. The summed E-state index contributed by atoms with van der Waals surface area (Å²) in [6, 6.07) is 4.16. The van der Waals surface area contributed by atoms with E-state index in [0.29, 0.717) is 18.0 Å². The third kappa shape index (κ3) is 3.59. The van der Waals surface area contributed by atoms with Crippen molar-refractivity contribution in [3.05, 3.63) is 38.9 Å². The van der Waals surface area contributed by atoms with Gasteiger partial charge in [0, 0.05) is 6.54 Å². The highest BCUT2D eigenvalue weighted by molar-refractivity contribution is 7.89. The van der Waals surface area contributed by atoms with Crippen molar-refractivity contribution >= 4 is 21.1 Å². The van der Waals surface area contributed by atoms with Gasteiger partial charge in [-0.15, -0.1) is 0 Å². The first kappa shape index (κ1) is 15.5. The highest BCUT2D eigenvalue weighted by Gasteiger charge is 2.14. The minimum atomic E-state index is -3.63. The molecule has 1 heterocycles. The van der Waals surface area contributed by atoms with Crippen LogP contribution < -0.4 is 15.8 Å². The van der Waals surface area contributed by atoms with Crippen molar-refractivity contribution in [1.82, 2.24) is 14.7 Å². The van der Waals surface area contributed by atoms with Crippen LogP contribution in [0.5, 0.6) is 0 Å². The number of sulfonamides is 1. The Labute approximate surface area is 121 Å². The lowest BCUT2D eigenvalue weighted by Crippen LogP contribution is -2.29. The Morgan fingerprint density at radius 2 is 1.71 bits per heavy atom. The summed E-state index contributed by atoms with van der Waals surface area (Å²) < 4.78 is 26.8. The van der Waals surface area contributed by atoms with Gasteiger partial charge in [-0.3, -0.25) is 9.59 Å². The molecule has 0 unspecified atom stereocenters. The minimum absolute atomic E-state index is 0.0430. The standard InChI is InChI=1S/C13H17N3O4S/c1-8(2)5-6-14-21(19,20)9-3-4-10-11(7-9)16-13(18)12(17)15-10/h3-4,7-8,14H,5-6H2,1-2H3,(H,15,17)(H,16,18). The predicted octanol–water partition coefficient (Wildman–Crippen LogP) is 0.541. The summed E-state index contributed by atoms with van der Waals surface area (Å²) in [5.74, 6) is 0.394. The molecule has 1 aromatic carbocycles. The zero-order valence-electron chi connectivity index (χ0n) is 11.8. The number of aromatic amines is 2. The molecule has 21 heavy (non-hydrogen) atoms. The fourth-order valence-electron chi connectivity index (χ4n) is 1.83. The van der Waals surface area contributed by atoms with Crippen molar-refractivity contribution in [2.75, 3.05) is 6.54 Å². The molecule has 8 heteroatoms. The molecular formula is C13H17N3O4S. The molecule has 0 bridgehead atoms. The van der Waals surface area contributed by atoms with E-state index in [-0.39, 0.29) is 10.4 Å². The van der Waals surface area contributed by atoms with Crippen LogP contribution in [0, 0.1) is 5.92 Å². The van der Waals surface area contributed by atoms with Gasteiger partial charge in [0.1, 0.15) is 0 Å². The molecule has 0 saturated carbocycles. The molecule has 0 aliphatic carbocycles. The second kappa shape index (κ2) is 5.82. The van der Waals surface area contributed by atoms with Crippen LogP contribution in [0.25, 0.3) is 11.0 Å². The van der Waals surface area contributed by atoms with Crippen LogP contribution in [0.1, 0.15) is 20.3 Å². The lowest BCUT2D eigenvalue weighted by molar-refractivity contribution is 0.551. The number of benzene rings is 1. The molecule has 0 fully saturated rings. The highest BCUT2D eigenvalue weighted by atomic mass is 32.2. The van der Waals surface area contributed by atoms with E-state index < -0.39 is 21.1 Å². The molecule has 0 aliphatic heterocycles. The maximum absolute atomic E-state index is 12.1. The zero-order valence-corrected chi connectivity index (χ0v) is 12.6. The Balaban J connectivity index is 2.36. The van der Waals surface area contributed by atoms with Gasteiger partial charge in [0.15, 0.2) is 0 Å². The van der Waals surface area contributed by atoms with Gasteiger partial charge in [0.25, 0.3) is 0 Å². The van der Waals surface area contributed by atoms with E-state index >= 15 is 0 Å². The van der Waals surface area contributed by atoms with Crippen molar-refractivity contribution < 1.29 is 8.42 Å². The molecule has 7 nitrogen and oxygen atoms in total. The van der Waals surface area contributed by atoms with Crippen LogP contribution in [0.15, 0.2) is 32.7 Å². The van der Waals surface area contributed by atoms with E-state index in [9.17, 15) is 18.0 Å². The molecule has 2 aromatic rings. The van der Waals surface area contributed by atoms with Crippen molar-refractivity contribution in [3.63, 3.8) is 0 Å². The van der Waals surface area contributed by atoms with E-state index in [1.54, 1.807) is 0 Å². The number of nitrogens with one attached hydrogen (secondary N) is 3. The fraction of sp³-hybridized carbons (Fsp3) is 0.385. The Morgan fingerprint density at radius 3 is 2.33 bits per heavy atom. The van der Waals surface area contributed by atoms with E-state index in [1.807, 2.05) is 13.8 Å². The Kier molecular flexibility index (Phi) is 4.29. The van der Waals surface area contributed by atoms with Gasteiger partial charge in [0.05, 0.1) is 15.9 Å². The summed E-state index contributed by atoms with van der Waals surface area (Å²) in [7, 11) is -3.63. The molecule has 0 amide bonds. The maximum atomic E-state index is 12.1. The molecular weight excluding hydrogens is 294 g/mol. The average molecular weight is 311 g/mol. The Morgan fingerprint density at radius 1 is 1.10 bits per heavy atom. The minimum Gasteiger partial charge on any atom is -0.316 e. The second-order valence-electron chi connectivity index (χ2n) is 5.20. The lowest BCUT2D eigenvalue weighted by atomic mass is 10.1.